The van der Waals surface area contributed by atoms with Gasteiger partial charge in [-0.05, 0) is 45.0 Å². The largest absolute Gasteiger partial charge is 0.354 e. The first-order valence-corrected chi connectivity index (χ1v) is 12.3. The van der Waals surface area contributed by atoms with Gasteiger partial charge >= 0.3 is 0 Å². The lowest BCUT2D eigenvalue weighted by Crippen LogP contribution is -2.49. The van der Waals surface area contributed by atoms with E-state index in [2.05, 4.69) is 31.7 Å². The summed E-state index contributed by atoms with van der Waals surface area (Å²) >= 11 is 0. The molecule has 8 nitrogen and oxygen atoms in total. The van der Waals surface area contributed by atoms with Gasteiger partial charge in [-0.15, -0.1) is 0 Å². The second kappa shape index (κ2) is 8.72. The highest BCUT2D eigenvalue weighted by Gasteiger charge is 2.30. The number of hydrogen-bond donors (Lipinski definition) is 0. The summed E-state index contributed by atoms with van der Waals surface area (Å²) in [5.74, 6) is 2.59. The molecule has 9 heteroatoms. The average molecular weight is 445 g/mol. The Hall–Kier alpha value is -2.23. The van der Waals surface area contributed by atoms with E-state index >= 15 is 0 Å². The van der Waals surface area contributed by atoms with E-state index in [1.807, 2.05) is 39.0 Å². The molecule has 4 rings (SSSR count). The summed E-state index contributed by atoms with van der Waals surface area (Å²) in [6.45, 7) is 11.8. The van der Waals surface area contributed by atoms with Crippen LogP contribution in [0.25, 0.3) is 0 Å². The van der Waals surface area contributed by atoms with Crippen molar-refractivity contribution >= 4 is 21.7 Å². The summed E-state index contributed by atoms with van der Waals surface area (Å²) in [5.41, 5.74) is 1.74. The fourth-order valence-corrected chi connectivity index (χ4v) is 5.91. The Balaban J connectivity index is 1.48. The van der Waals surface area contributed by atoms with Crippen LogP contribution < -0.4 is 9.80 Å². The van der Waals surface area contributed by atoms with E-state index in [9.17, 15) is 8.42 Å². The van der Waals surface area contributed by atoms with E-state index in [1.165, 1.54) is 0 Å². The molecule has 1 aromatic carbocycles. The van der Waals surface area contributed by atoms with Crippen molar-refractivity contribution < 1.29 is 8.42 Å². The van der Waals surface area contributed by atoms with Crippen LogP contribution in [0.4, 0.5) is 11.6 Å². The molecule has 0 saturated carbocycles. The molecule has 2 saturated heterocycles. The number of sulfonamides is 1. The van der Waals surface area contributed by atoms with Crippen molar-refractivity contribution in [1.82, 2.24) is 19.2 Å². The summed E-state index contributed by atoms with van der Waals surface area (Å²) in [5, 5.41) is 0. The molecular formula is C22H32N6O2S. The normalized spacial score (nSPS) is 19.1. The number of aromatic nitrogens is 2. The second-order valence-electron chi connectivity index (χ2n) is 8.58. The van der Waals surface area contributed by atoms with Crippen molar-refractivity contribution in [2.24, 2.45) is 0 Å². The van der Waals surface area contributed by atoms with Gasteiger partial charge < -0.3 is 14.7 Å². The Morgan fingerprint density at radius 2 is 1.32 bits per heavy atom. The Morgan fingerprint density at radius 3 is 1.90 bits per heavy atom. The molecule has 168 valence electrons. The Bertz CT molecular complexity index is 1040. The van der Waals surface area contributed by atoms with Crippen LogP contribution in [-0.4, -0.2) is 87.0 Å². The molecule has 0 radical (unpaired) electrons. The van der Waals surface area contributed by atoms with Gasteiger partial charge in [-0.25, -0.2) is 18.4 Å². The monoisotopic (exact) mass is 444 g/mol. The summed E-state index contributed by atoms with van der Waals surface area (Å²) in [6.07, 6.45) is 0. The van der Waals surface area contributed by atoms with Crippen LogP contribution in [0.1, 0.15) is 17.0 Å². The van der Waals surface area contributed by atoms with E-state index in [4.69, 9.17) is 0 Å². The molecule has 0 bridgehead atoms. The van der Waals surface area contributed by atoms with Crippen molar-refractivity contribution in [2.45, 2.75) is 25.7 Å². The highest BCUT2D eigenvalue weighted by molar-refractivity contribution is 7.89. The van der Waals surface area contributed by atoms with E-state index < -0.39 is 10.0 Å². The maximum Gasteiger partial charge on any atom is 0.243 e. The molecule has 1 aromatic heterocycles. The SMILES string of the molecule is Cc1ccc(C)c(S(=O)(=O)N2CCN(c3cc(N4CCN(C)CC4)nc(C)n3)CC2)c1. The van der Waals surface area contributed by atoms with Gasteiger partial charge in [0.15, 0.2) is 0 Å². The average Bonchev–Trinajstić information content (AvgIpc) is 2.75. The van der Waals surface area contributed by atoms with Gasteiger partial charge in [0.2, 0.25) is 10.0 Å². The van der Waals surface area contributed by atoms with E-state index in [1.54, 1.807) is 10.4 Å². The lowest BCUT2D eigenvalue weighted by Gasteiger charge is -2.36. The predicted molar refractivity (Wildman–Crippen MR) is 123 cm³/mol. The minimum Gasteiger partial charge on any atom is -0.354 e. The third kappa shape index (κ3) is 4.68. The minimum absolute atomic E-state index is 0.413. The number of nitrogens with zero attached hydrogens (tertiary/aromatic N) is 6. The molecule has 0 unspecified atom stereocenters. The summed E-state index contributed by atoms with van der Waals surface area (Å²) < 4.78 is 28.0. The van der Waals surface area contributed by atoms with Gasteiger partial charge in [0.05, 0.1) is 4.90 Å². The van der Waals surface area contributed by atoms with Crippen molar-refractivity contribution in [3.05, 3.63) is 41.2 Å². The van der Waals surface area contributed by atoms with E-state index in [0.29, 0.717) is 31.1 Å². The molecule has 2 aliphatic rings. The Labute approximate surface area is 185 Å². The second-order valence-corrected chi connectivity index (χ2v) is 10.5. The minimum atomic E-state index is -3.50. The number of benzene rings is 1. The maximum atomic E-state index is 13.2. The first kappa shape index (κ1) is 22.0. The summed E-state index contributed by atoms with van der Waals surface area (Å²) in [6, 6.07) is 7.64. The molecule has 2 aromatic rings. The van der Waals surface area contributed by atoms with Crippen LogP contribution in [0.15, 0.2) is 29.2 Å². The zero-order valence-electron chi connectivity index (χ0n) is 18.9. The Morgan fingerprint density at radius 1 is 0.774 bits per heavy atom. The Kier molecular flexibility index (Phi) is 6.18. The van der Waals surface area contributed by atoms with Crippen molar-refractivity contribution in [3.8, 4) is 0 Å². The van der Waals surface area contributed by atoms with Gasteiger partial charge in [-0.1, -0.05) is 12.1 Å². The predicted octanol–water partition coefficient (Wildman–Crippen LogP) is 1.66. The standard InChI is InChI=1S/C22H32N6O2S/c1-17-5-6-18(2)20(15-17)31(29,30)28-13-11-27(12-14-28)22-16-21(23-19(3)24-22)26-9-7-25(4)8-10-26/h5-6,15-16H,7-14H2,1-4H3. The van der Waals surface area contributed by atoms with Crippen LogP contribution in [-0.2, 0) is 10.0 Å². The fraction of sp³-hybridized carbons (Fsp3) is 0.545. The quantitative estimate of drug-likeness (QED) is 0.710. The van der Waals surface area contributed by atoms with Gasteiger partial charge in [-0.2, -0.15) is 4.31 Å². The molecule has 0 atom stereocenters. The van der Waals surface area contributed by atoms with Gasteiger partial charge in [0.25, 0.3) is 0 Å². The number of likely N-dealkylation sites (N-methyl/N-ethyl adjacent to an activating group) is 1. The smallest absolute Gasteiger partial charge is 0.243 e. The molecular weight excluding hydrogens is 412 g/mol. The molecule has 0 aliphatic carbocycles. The number of piperazine rings is 2. The topological polar surface area (TPSA) is 72.9 Å². The van der Waals surface area contributed by atoms with Crippen LogP contribution in [0.3, 0.4) is 0 Å². The summed E-state index contributed by atoms with van der Waals surface area (Å²) in [7, 11) is -1.36. The number of rotatable bonds is 4. The molecule has 2 fully saturated rings. The van der Waals surface area contributed by atoms with Crippen LogP contribution in [0.2, 0.25) is 0 Å². The third-order valence-corrected chi connectivity index (χ3v) is 8.20. The van der Waals surface area contributed by atoms with E-state index in [-0.39, 0.29) is 0 Å². The molecule has 0 spiro atoms. The first-order chi connectivity index (χ1) is 14.7. The number of anilines is 2. The van der Waals surface area contributed by atoms with E-state index in [0.717, 1.165) is 54.8 Å². The number of aryl methyl sites for hydroxylation is 3. The molecule has 2 aliphatic heterocycles. The molecule has 3 heterocycles. The molecule has 31 heavy (non-hydrogen) atoms. The van der Waals surface area contributed by atoms with Crippen LogP contribution in [0.5, 0.6) is 0 Å². The van der Waals surface area contributed by atoms with Crippen LogP contribution >= 0.6 is 0 Å². The highest BCUT2D eigenvalue weighted by atomic mass is 32.2. The number of hydrogen-bond acceptors (Lipinski definition) is 7. The zero-order valence-corrected chi connectivity index (χ0v) is 19.7. The van der Waals surface area contributed by atoms with Gasteiger partial charge in [0.1, 0.15) is 17.5 Å². The maximum absolute atomic E-state index is 13.2. The first-order valence-electron chi connectivity index (χ1n) is 10.9. The van der Waals surface area contributed by atoms with Gasteiger partial charge in [0, 0.05) is 58.4 Å². The lowest BCUT2D eigenvalue weighted by atomic mass is 10.2. The molecule has 0 N–H and O–H groups in total. The van der Waals surface area contributed by atoms with Gasteiger partial charge in [-0.3, -0.25) is 0 Å². The van der Waals surface area contributed by atoms with Crippen LogP contribution in [0, 0.1) is 20.8 Å². The fourth-order valence-electron chi connectivity index (χ4n) is 4.18. The molecule has 0 amide bonds. The third-order valence-electron chi connectivity index (χ3n) is 6.16. The van der Waals surface area contributed by atoms with Crippen molar-refractivity contribution in [1.29, 1.82) is 0 Å². The summed E-state index contributed by atoms with van der Waals surface area (Å²) in [4.78, 5) is 16.5. The highest BCUT2D eigenvalue weighted by Crippen LogP contribution is 2.25. The van der Waals surface area contributed by atoms with Crippen molar-refractivity contribution in [2.75, 3.05) is 69.2 Å². The lowest BCUT2D eigenvalue weighted by molar-refractivity contribution is 0.312. The van der Waals surface area contributed by atoms with Crippen molar-refractivity contribution in [3.63, 3.8) is 0 Å². The zero-order chi connectivity index (χ0) is 22.2.